The summed E-state index contributed by atoms with van der Waals surface area (Å²) in [5, 5.41) is 2.60. The highest BCUT2D eigenvalue weighted by atomic mass is 19.1. The third-order valence-corrected chi connectivity index (χ3v) is 6.69. The molecule has 0 radical (unpaired) electrons. The molecule has 2 atom stereocenters. The largest absolute Gasteiger partial charge is 0.381 e. The van der Waals surface area contributed by atoms with Crippen LogP contribution in [0, 0.1) is 0 Å². The number of primary amides is 1. The summed E-state index contributed by atoms with van der Waals surface area (Å²) in [5.41, 5.74) is 8.17. The molecule has 0 aromatic heterocycles. The summed E-state index contributed by atoms with van der Waals surface area (Å²) in [6, 6.07) is 12.6. The zero-order valence-electron chi connectivity index (χ0n) is 19.0. The van der Waals surface area contributed by atoms with Gasteiger partial charge in [0.15, 0.2) is 5.67 Å². The van der Waals surface area contributed by atoms with Crippen molar-refractivity contribution in [3.63, 3.8) is 0 Å². The number of halogens is 1. The van der Waals surface area contributed by atoms with Crippen molar-refractivity contribution < 1.29 is 23.5 Å². The lowest BCUT2D eigenvalue weighted by Gasteiger charge is -2.23. The summed E-state index contributed by atoms with van der Waals surface area (Å²) in [4.78, 5) is 38.4. The monoisotopic (exact) mass is 453 g/mol. The topological polar surface area (TPSA) is 102 Å². The maximum absolute atomic E-state index is 14.9. The first-order valence-corrected chi connectivity index (χ1v) is 10.9. The second-order valence-corrected chi connectivity index (χ2v) is 9.34. The first-order chi connectivity index (χ1) is 15.6. The molecule has 1 fully saturated rings. The molecule has 1 aliphatic carbocycles. The number of likely N-dealkylation sites (tertiary alicyclic amines) is 1. The van der Waals surface area contributed by atoms with E-state index in [1.165, 1.54) is 12.7 Å². The number of amides is 3. The van der Waals surface area contributed by atoms with Gasteiger partial charge in [0.2, 0.25) is 11.8 Å². The van der Waals surface area contributed by atoms with Gasteiger partial charge < -0.3 is 20.7 Å². The summed E-state index contributed by atoms with van der Waals surface area (Å²) < 4.78 is 19.8. The van der Waals surface area contributed by atoms with E-state index in [-0.39, 0.29) is 31.5 Å². The zero-order valence-corrected chi connectivity index (χ0v) is 19.0. The van der Waals surface area contributed by atoms with Gasteiger partial charge in [-0.1, -0.05) is 44.2 Å². The smallest absolute Gasteiger partial charge is 0.251 e. The molecule has 0 bridgehead atoms. The summed E-state index contributed by atoms with van der Waals surface area (Å²) in [6.45, 7) is 3.30. The van der Waals surface area contributed by atoms with Gasteiger partial charge in [-0.3, -0.25) is 14.4 Å². The van der Waals surface area contributed by atoms with Gasteiger partial charge in [-0.25, -0.2) is 4.39 Å². The molecule has 8 heteroatoms. The van der Waals surface area contributed by atoms with Crippen molar-refractivity contribution in [2.24, 2.45) is 5.73 Å². The van der Waals surface area contributed by atoms with Crippen LogP contribution in [0.4, 0.5) is 4.39 Å². The van der Waals surface area contributed by atoms with E-state index in [0.29, 0.717) is 5.56 Å². The minimum absolute atomic E-state index is 0.226. The molecule has 2 aromatic rings. The quantitative estimate of drug-likeness (QED) is 0.700. The Morgan fingerprint density at radius 1 is 1.15 bits per heavy atom. The van der Waals surface area contributed by atoms with Crippen molar-refractivity contribution in [3.05, 3.63) is 59.2 Å². The van der Waals surface area contributed by atoms with E-state index >= 15 is 0 Å². The highest BCUT2D eigenvalue weighted by molar-refractivity contribution is 5.98. The normalized spacial score (nSPS) is 22.5. The Labute approximate surface area is 192 Å². The molecule has 0 saturated carbocycles. The van der Waals surface area contributed by atoms with Gasteiger partial charge in [0, 0.05) is 24.5 Å². The summed E-state index contributed by atoms with van der Waals surface area (Å²) >= 11 is 0. The number of ether oxygens (including phenoxy) is 1. The van der Waals surface area contributed by atoms with E-state index < -0.39 is 29.4 Å². The molecule has 3 N–H and O–H groups in total. The number of alkyl halides is 1. The third kappa shape index (κ3) is 3.99. The van der Waals surface area contributed by atoms with Crippen LogP contribution in [-0.2, 0) is 19.7 Å². The van der Waals surface area contributed by atoms with Gasteiger partial charge >= 0.3 is 0 Å². The van der Waals surface area contributed by atoms with E-state index in [4.69, 9.17) is 10.5 Å². The number of rotatable bonds is 6. The van der Waals surface area contributed by atoms with Gasteiger partial charge in [0.25, 0.3) is 5.91 Å². The maximum Gasteiger partial charge on any atom is 0.251 e. The SMILES string of the molecule is COC[C@@]1(F)C[C@@H](C(N)=O)N(C(=O)CNC(=O)c2ccc3c(c2)C(C)(C)c2ccccc2-3)C1. The van der Waals surface area contributed by atoms with Crippen LogP contribution in [-0.4, -0.2) is 61.1 Å². The van der Waals surface area contributed by atoms with Crippen LogP contribution < -0.4 is 11.1 Å². The summed E-state index contributed by atoms with van der Waals surface area (Å²) in [7, 11) is 1.35. The third-order valence-electron chi connectivity index (χ3n) is 6.69. The van der Waals surface area contributed by atoms with Crippen LogP contribution in [0.5, 0.6) is 0 Å². The number of nitrogens with one attached hydrogen (secondary N) is 1. The lowest BCUT2D eigenvalue weighted by molar-refractivity contribution is -0.136. The summed E-state index contributed by atoms with van der Waals surface area (Å²) in [6.07, 6.45) is -0.226. The minimum Gasteiger partial charge on any atom is -0.381 e. The predicted octanol–water partition coefficient (Wildman–Crippen LogP) is 2.16. The standard InChI is InChI=1S/C25H28FN3O4/c1-24(2)18-7-5-4-6-16(18)17-9-8-15(10-19(17)24)23(32)28-12-21(30)29-13-25(26,14-33-3)11-20(29)22(27)31/h4-10,20H,11-14H2,1-3H3,(H2,27,31)(H,28,32)/t20-,25+/m0/s1. The molecule has 174 valence electrons. The van der Waals surface area contributed by atoms with Crippen LogP contribution >= 0.6 is 0 Å². The van der Waals surface area contributed by atoms with Gasteiger partial charge in [0.05, 0.1) is 19.7 Å². The Kier molecular flexibility index (Phi) is 5.74. The van der Waals surface area contributed by atoms with Crippen molar-refractivity contribution in [2.45, 2.75) is 37.4 Å². The number of fused-ring (bicyclic) bond motifs is 3. The Hall–Kier alpha value is -3.26. The van der Waals surface area contributed by atoms with Gasteiger partial charge in [0.1, 0.15) is 6.04 Å². The number of carbonyl (C=O) groups excluding carboxylic acids is 3. The molecule has 2 aromatic carbocycles. The van der Waals surface area contributed by atoms with Gasteiger partial charge in [-0.05, 0) is 34.4 Å². The molecule has 33 heavy (non-hydrogen) atoms. The average Bonchev–Trinajstić information content (AvgIpc) is 3.25. The van der Waals surface area contributed by atoms with Crippen molar-refractivity contribution in [1.29, 1.82) is 0 Å². The highest BCUT2D eigenvalue weighted by Crippen LogP contribution is 2.48. The molecule has 7 nitrogen and oxygen atoms in total. The Balaban J connectivity index is 1.47. The number of carbonyl (C=O) groups is 3. The van der Waals surface area contributed by atoms with E-state index in [0.717, 1.165) is 21.6 Å². The van der Waals surface area contributed by atoms with E-state index in [1.807, 2.05) is 24.3 Å². The number of nitrogens with zero attached hydrogens (tertiary/aromatic N) is 1. The zero-order chi connectivity index (χ0) is 24.0. The van der Waals surface area contributed by atoms with Crippen molar-refractivity contribution in [3.8, 4) is 11.1 Å². The van der Waals surface area contributed by atoms with Crippen molar-refractivity contribution >= 4 is 17.7 Å². The summed E-state index contributed by atoms with van der Waals surface area (Å²) in [5.74, 6) is -1.78. The lowest BCUT2D eigenvalue weighted by atomic mass is 9.82. The highest BCUT2D eigenvalue weighted by Gasteiger charge is 2.48. The van der Waals surface area contributed by atoms with Gasteiger partial charge in [-0.15, -0.1) is 0 Å². The molecule has 2 aliphatic rings. The second kappa shape index (κ2) is 8.26. The lowest BCUT2D eigenvalue weighted by Crippen LogP contribution is -2.48. The Morgan fingerprint density at radius 2 is 1.85 bits per heavy atom. The fraction of sp³-hybridized carbons (Fsp3) is 0.400. The fourth-order valence-electron chi connectivity index (χ4n) is 5.02. The first kappa shape index (κ1) is 22.9. The van der Waals surface area contributed by atoms with Crippen molar-refractivity contribution in [1.82, 2.24) is 10.2 Å². The predicted molar refractivity (Wildman–Crippen MR) is 121 cm³/mol. The molecule has 1 saturated heterocycles. The van der Waals surface area contributed by atoms with E-state index in [2.05, 4.69) is 31.3 Å². The molecule has 1 heterocycles. The number of hydrogen-bond acceptors (Lipinski definition) is 4. The number of hydrogen-bond donors (Lipinski definition) is 2. The molecular weight excluding hydrogens is 425 g/mol. The molecule has 0 unspecified atom stereocenters. The molecule has 1 aliphatic heterocycles. The van der Waals surface area contributed by atoms with Crippen LogP contribution in [0.3, 0.4) is 0 Å². The average molecular weight is 454 g/mol. The van der Waals surface area contributed by atoms with Gasteiger partial charge in [-0.2, -0.15) is 0 Å². The maximum atomic E-state index is 14.9. The minimum atomic E-state index is -1.85. The number of methoxy groups -OCH3 is 1. The van der Waals surface area contributed by atoms with Crippen LogP contribution in [0.25, 0.3) is 11.1 Å². The number of benzene rings is 2. The molecule has 0 spiro atoms. The van der Waals surface area contributed by atoms with E-state index in [1.54, 1.807) is 6.07 Å². The van der Waals surface area contributed by atoms with Crippen LogP contribution in [0.1, 0.15) is 41.8 Å². The second-order valence-electron chi connectivity index (χ2n) is 9.34. The number of nitrogens with two attached hydrogens (primary N) is 1. The fourth-order valence-corrected chi connectivity index (χ4v) is 5.02. The Bertz CT molecular complexity index is 1130. The first-order valence-electron chi connectivity index (χ1n) is 10.9. The molecule has 3 amide bonds. The Morgan fingerprint density at radius 3 is 2.55 bits per heavy atom. The van der Waals surface area contributed by atoms with E-state index in [9.17, 15) is 18.8 Å². The molecule has 4 rings (SSSR count). The van der Waals surface area contributed by atoms with Crippen LogP contribution in [0.15, 0.2) is 42.5 Å². The van der Waals surface area contributed by atoms with Crippen molar-refractivity contribution in [2.75, 3.05) is 26.8 Å². The van der Waals surface area contributed by atoms with Crippen LogP contribution in [0.2, 0.25) is 0 Å². The molecular formula is C25H28FN3O4.